The Kier molecular flexibility index (Phi) is 4.22. The maximum Gasteiger partial charge on any atom is 0.306 e. The maximum absolute atomic E-state index is 11.2. The van der Waals surface area contributed by atoms with Gasteiger partial charge in [-0.1, -0.05) is 0 Å². The van der Waals surface area contributed by atoms with Crippen LogP contribution >= 0.6 is 0 Å². The Labute approximate surface area is 80.1 Å². The summed E-state index contributed by atoms with van der Waals surface area (Å²) >= 11 is 0. The standard InChI is InChI=1S/C10H19NO2/c1-3-13-10(12)8-9-4-6-11(2)7-5-9/h9H,3-8H2,1-2H3. The average Bonchev–Trinajstić information content (AvgIpc) is 2.09. The molecule has 1 rings (SSSR count). The second-order valence-corrected chi connectivity index (χ2v) is 3.76. The molecule has 13 heavy (non-hydrogen) atoms. The van der Waals surface area contributed by atoms with Gasteiger partial charge in [0.2, 0.25) is 0 Å². The number of nitrogens with zero attached hydrogens (tertiary/aromatic N) is 1. The Morgan fingerprint density at radius 1 is 1.46 bits per heavy atom. The first-order chi connectivity index (χ1) is 6.22. The van der Waals surface area contributed by atoms with E-state index < -0.39 is 0 Å². The number of rotatable bonds is 3. The van der Waals surface area contributed by atoms with Crippen molar-refractivity contribution >= 4 is 5.97 Å². The largest absolute Gasteiger partial charge is 0.466 e. The highest BCUT2D eigenvalue weighted by atomic mass is 16.5. The SMILES string of the molecule is CCOC(=O)CC1CCN(C)CC1. The van der Waals surface area contributed by atoms with Crippen LogP contribution in [0, 0.1) is 5.92 Å². The first-order valence-corrected chi connectivity index (χ1v) is 5.06. The molecule has 76 valence electrons. The van der Waals surface area contributed by atoms with Crippen LogP contribution in [0.4, 0.5) is 0 Å². The molecule has 0 saturated carbocycles. The average molecular weight is 185 g/mol. The van der Waals surface area contributed by atoms with Crippen LogP contribution in [0.1, 0.15) is 26.2 Å². The molecule has 0 atom stereocenters. The van der Waals surface area contributed by atoms with Gasteiger partial charge in [0.15, 0.2) is 0 Å². The van der Waals surface area contributed by atoms with E-state index in [0.29, 0.717) is 18.9 Å². The van der Waals surface area contributed by atoms with Crippen molar-refractivity contribution in [2.45, 2.75) is 26.2 Å². The van der Waals surface area contributed by atoms with E-state index in [9.17, 15) is 4.79 Å². The van der Waals surface area contributed by atoms with Crippen molar-refractivity contribution in [3.63, 3.8) is 0 Å². The third-order valence-electron chi connectivity index (χ3n) is 2.60. The first kappa shape index (κ1) is 10.5. The van der Waals surface area contributed by atoms with Crippen molar-refractivity contribution < 1.29 is 9.53 Å². The molecule has 1 fully saturated rings. The minimum atomic E-state index is -0.0305. The predicted molar refractivity (Wildman–Crippen MR) is 51.5 cm³/mol. The van der Waals surface area contributed by atoms with E-state index in [4.69, 9.17) is 4.74 Å². The monoisotopic (exact) mass is 185 g/mol. The Hall–Kier alpha value is -0.570. The van der Waals surface area contributed by atoms with E-state index >= 15 is 0 Å². The molecule has 0 bridgehead atoms. The first-order valence-electron chi connectivity index (χ1n) is 5.06. The van der Waals surface area contributed by atoms with Gasteiger partial charge in [-0.15, -0.1) is 0 Å². The molecule has 3 nitrogen and oxygen atoms in total. The summed E-state index contributed by atoms with van der Waals surface area (Å²) in [5.41, 5.74) is 0. The van der Waals surface area contributed by atoms with Crippen molar-refractivity contribution in [2.75, 3.05) is 26.7 Å². The minimum Gasteiger partial charge on any atom is -0.466 e. The lowest BCUT2D eigenvalue weighted by Crippen LogP contribution is -2.31. The van der Waals surface area contributed by atoms with Crippen molar-refractivity contribution in [3.8, 4) is 0 Å². The van der Waals surface area contributed by atoms with Gasteiger partial charge in [-0.3, -0.25) is 4.79 Å². The Bertz CT molecular complexity index is 162. The molecular formula is C10H19NO2. The molecule has 0 aromatic rings. The fraction of sp³-hybridized carbons (Fsp3) is 0.900. The molecule has 3 heteroatoms. The number of likely N-dealkylation sites (tertiary alicyclic amines) is 1. The zero-order chi connectivity index (χ0) is 9.68. The smallest absolute Gasteiger partial charge is 0.306 e. The quantitative estimate of drug-likeness (QED) is 0.620. The van der Waals surface area contributed by atoms with Crippen LogP contribution in [-0.2, 0) is 9.53 Å². The lowest BCUT2D eigenvalue weighted by Gasteiger charge is -2.28. The van der Waals surface area contributed by atoms with Gasteiger partial charge in [0.25, 0.3) is 0 Å². The van der Waals surface area contributed by atoms with E-state index in [1.165, 1.54) is 0 Å². The molecular weight excluding hydrogens is 166 g/mol. The topological polar surface area (TPSA) is 29.5 Å². The normalized spacial score (nSPS) is 20.2. The van der Waals surface area contributed by atoms with Crippen LogP contribution in [0.2, 0.25) is 0 Å². The molecule has 0 aliphatic carbocycles. The number of hydrogen-bond donors (Lipinski definition) is 0. The van der Waals surface area contributed by atoms with E-state index in [1.807, 2.05) is 6.92 Å². The van der Waals surface area contributed by atoms with Gasteiger partial charge in [0, 0.05) is 6.42 Å². The number of hydrogen-bond acceptors (Lipinski definition) is 3. The molecule has 1 heterocycles. The summed E-state index contributed by atoms with van der Waals surface area (Å²) in [4.78, 5) is 13.5. The minimum absolute atomic E-state index is 0.0305. The third kappa shape index (κ3) is 3.77. The zero-order valence-corrected chi connectivity index (χ0v) is 8.58. The molecule has 0 radical (unpaired) electrons. The summed E-state index contributed by atoms with van der Waals surface area (Å²) in [5.74, 6) is 0.521. The number of carbonyl (C=O) groups excluding carboxylic acids is 1. The van der Waals surface area contributed by atoms with Gasteiger partial charge in [-0.25, -0.2) is 0 Å². The molecule has 1 aliphatic rings. The summed E-state index contributed by atoms with van der Waals surface area (Å²) in [7, 11) is 2.13. The Balaban J connectivity index is 2.18. The molecule has 1 saturated heterocycles. The molecule has 0 aromatic heterocycles. The fourth-order valence-electron chi connectivity index (χ4n) is 1.72. The summed E-state index contributed by atoms with van der Waals surface area (Å²) in [6.07, 6.45) is 2.88. The van der Waals surface area contributed by atoms with Gasteiger partial charge >= 0.3 is 5.97 Å². The molecule has 0 spiro atoms. The van der Waals surface area contributed by atoms with Crippen LogP contribution in [0.25, 0.3) is 0 Å². The molecule has 0 aromatic carbocycles. The second-order valence-electron chi connectivity index (χ2n) is 3.76. The molecule has 0 N–H and O–H groups in total. The number of esters is 1. The van der Waals surface area contributed by atoms with Crippen LogP contribution in [-0.4, -0.2) is 37.6 Å². The van der Waals surface area contributed by atoms with Gasteiger partial charge in [0.1, 0.15) is 0 Å². The van der Waals surface area contributed by atoms with Gasteiger partial charge < -0.3 is 9.64 Å². The van der Waals surface area contributed by atoms with Crippen molar-refractivity contribution in [2.24, 2.45) is 5.92 Å². The fourth-order valence-corrected chi connectivity index (χ4v) is 1.72. The third-order valence-corrected chi connectivity index (χ3v) is 2.60. The summed E-state index contributed by atoms with van der Waals surface area (Å²) in [6.45, 7) is 4.59. The van der Waals surface area contributed by atoms with Gasteiger partial charge in [-0.2, -0.15) is 0 Å². The second kappa shape index (κ2) is 5.22. The Morgan fingerprint density at radius 2 is 2.08 bits per heavy atom. The maximum atomic E-state index is 11.2. The van der Waals surface area contributed by atoms with Crippen LogP contribution in [0.15, 0.2) is 0 Å². The van der Waals surface area contributed by atoms with E-state index in [0.717, 1.165) is 25.9 Å². The number of piperidine rings is 1. The zero-order valence-electron chi connectivity index (χ0n) is 8.58. The highest BCUT2D eigenvalue weighted by Crippen LogP contribution is 2.19. The number of carbonyl (C=O) groups is 1. The summed E-state index contributed by atoms with van der Waals surface area (Å²) in [6, 6.07) is 0. The lowest BCUT2D eigenvalue weighted by molar-refractivity contribution is -0.144. The molecule has 0 unspecified atom stereocenters. The lowest BCUT2D eigenvalue weighted by atomic mass is 9.94. The summed E-state index contributed by atoms with van der Waals surface area (Å²) in [5, 5.41) is 0. The van der Waals surface area contributed by atoms with E-state index in [1.54, 1.807) is 0 Å². The highest BCUT2D eigenvalue weighted by molar-refractivity contribution is 5.69. The Morgan fingerprint density at radius 3 is 2.62 bits per heavy atom. The van der Waals surface area contributed by atoms with Crippen molar-refractivity contribution in [1.82, 2.24) is 4.90 Å². The summed E-state index contributed by atoms with van der Waals surface area (Å²) < 4.78 is 4.92. The van der Waals surface area contributed by atoms with Crippen LogP contribution < -0.4 is 0 Å². The van der Waals surface area contributed by atoms with Crippen LogP contribution in [0.5, 0.6) is 0 Å². The number of ether oxygens (including phenoxy) is 1. The van der Waals surface area contributed by atoms with Crippen molar-refractivity contribution in [3.05, 3.63) is 0 Å². The van der Waals surface area contributed by atoms with Crippen LogP contribution in [0.3, 0.4) is 0 Å². The van der Waals surface area contributed by atoms with E-state index in [2.05, 4.69) is 11.9 Å². The van der Waals surface area contributed by atoms with E-state index in [-0.39, 0.29) is 5.97 Å². The van der Waals surface area contributed by atoms with Gasteiger partial charge in [-0.05, 0) is 45.8 Å². The highest BCUT2D eigenvalue weighted by Gasteiger charge is 2.19. The predicted octanol–water partition coefficient (Wildman–Crippen LogP) is 1.28. The van der Waals surface area contributed by atoms with Gasteiger partial charge in [0.05, 0.1) is 6.61 Å². The molecule has 1 aliphatic heterocycles. The van der Waals surface area contributed by atoms with Crippen molar-refractivity contribution in [1.29, 1.82) is 0 Å². The molecule has 0 amide bonds.